The predicted octanol–water partition coefficient (Wildman–Crippen LogP) is 13.0. The molecule has 0 radical (unpaired) electrons. The zero-order chi connectivity index (χ0) is 52.5. The van der Waals surface area contributed by atoms with Gasteiger partial charge >= 0.3 is 5.97 Å². The largest absolute Gasteiger partial charge is 0.454 e. The minimum atomic E-state index is -1.65. The van der Waals surface area contributed by atoms with Gasteiger partial charge in [0.25, 0.3) is 0 Å². The molecule has 1 amide bonds. The van der Waals surface area contributed by atoms with Crippen LogP contribution in [-0.4, -0.2) is 99.6 Å². The van der Waals surface area contributed by atoms with E-state index in [0.717, 1.165) is 70.6 Å². The first-order valence-corrected chi connectivity index (χ1v) is 28.9. The van der Waals surface area contributed by atoms with Gasteiger partial charge in [0.05, 0.1) is 25.4 Å². The number of amides is 1. The highest BCUT2D eigenvalue weighted by Crippen LogP contribution is 2.26. The van der Waals surface area contributed by atoms with E-state index >= 15 is 0 Å². The first-order chi connectivity index (χ1) is 35.2. The van der Waals surface area contributed by atoms with Crippen LogP contribution in [0.5, 0.6) is 0 Å². The first kappa shape index (κ1) is 66.9. The van der Waals surface area contributed by atoms with E-state index in [4.69, 9.17) is 14.2 Å². The fraction of sp³-hybridized carbons (Fsp3) is 0.738. The summed E-state index contributed by atoms with van der Waals surface area (Å²) >= 11 is 0. The summed E-state index contributed by atoms with van der Waals surface area (Å²) in [6.07, 6.45) is 52.1. The summed E-state index contributed by atoms with van der Waals surface area (Å²) in [4.78, 5) is 26.4. The van der Waals surface area contributed by atoms with Gasteiger partial charge in [-0.15, -0.1) is 0 Å². The molecule has 0 saturated carbocycles. The van der Waals surface area contributed by atoms with Crippen molar-refractivity contribution in [2.24, 2.45) is 0 Å². The lowest BCUT2D eigenvalue weighted by Crippen LogP contribution is -2.61. The van der Waals surface area contributed by atoms with Gasteiger partial charge in [0.15, 0.2) is 12.4 Å². The Labute approximate surface area is 438 Å². The van der Waals surface area contributed by atoms with Gasteiger partial charge in [0.1, 0.15) is 24.4 Å². The minimum absolute atomic E-state index is 0.00402. The summed E-state index contributed by atoms with van der Waals surface area (Å²) < 4.78 is 17.5. The molecule has 8 unspecified atom stereocenters. The Balaban J connectivity index is 2.77. The number of hydrogen-bond donors (Lipinski definition) is 6. The second-order valence-electron chi connectivity index (χ2n) is 19.6. The van der Waals surface area contributed by atoms with Crippen LogP contribution in [0.1, 0.15) is 226 Å². The molecule has 0 spiro atoms. The lowest BCUT2D eigenvalue weighted by atomic mass is 9.99. The van der Waals surface area contributed by atoms with Gasteiger partial charge in [0.2, 0.25) is 5.91 Å². The summed E-state index contributed by atoms with van der Waals surface area (Å²) in [5.74, 6) is -1.29. The van der Waals surface area contributed by atoms with Gasteiger partial charge in [-0.1, -0.05) is 241 Å². The first-order valence-electron chi connectivity index (χ1n) is 28.9. The Hall–Kier alpha value is -3.16. The van der Waals surface area contributed by atoms with E-state index in [1.165, 1.54) is 103 Å². The lowest BCUT2D eigenvalue weighted by Gasteiger charge is -2.41. The number of nitrogens with one attached hydrogen (secondary N) is 1. The van der Waals surface area contributed by atoms with Gasteiger partial charge in [-0.2, -0.15) is 0 Å². The minimum Gasteiger partial charge on any atom is -0.454 e. The molecule has 11 heteroatoms. The third kappa shape index (κ3) is 36.7. The number of esters is 1. The molecular weight excluding hydrogens is 907 g/mol. The maximum absolute atomic E-state index is 13.4. The van der Waals surface area contributed by atoms with Crippen LogP contribution in [0.4, 0.5) is 0 Å². The molecule has 414 valence electrons. The van der Waals surface area contributed by atoms with Gasteiger partial charge in [-0.3, -0.25) is 9.59 Å². The molecule has 1 heterocycles. The fourth-order valence-corrected chi connectivity index (χ4v) is 8.50. The van der Waals surface area contributed by atoms with Crippen LogP contribution >= 0.6 is 0 Å². The van der Waals surface area contributed by atoms with Gasteiger partial charge < -0.3 is 45.1 Å². The number of aliphatic hydroxyl groups is 5. The monoisotopic (exact) mass is 1010 g/mol. The van der Waals surface area contributed by atoms with Crippen molar-refractivity contribution < 1.29 is 49.3 Å². The third-order valence-corrected chi connectivity index (χ3v) is 13.1. The number of allylic oxidation sites excluding steroid dienone is 13. The number of carbonyl (C=O) groups excluding carboxylic acids is 2. The van der Waals surface area contributed by atoms with Gasteiger partial charge in [-0.25, -0.2) is 0 Å². The average Bonchev–Trinajstić information content (AvgIpc) is 3.38. The van der Waals surface area contributed by atoms with Crippen molar-refractivity contribution in [3.05, 3.63) is 85.1 Å². The maximum atomic E-state index is 13.4. The van der Waals surface area contributed by atoms with Crippen molar-refractivity contribution in [2.75, 3.05) is 13.2 Å². The van der Waals surface area contributed by atoms with E-state index in [2.05, 4.69) is 86.8 Å². The molecule has 0 aliphatic carbocycles. The molecular formula is C61H105NO10. The molecule has 6 N–H and O–H groups in total. The van der Waals surface area contributed by atoms with E-state index in [9.17, 15) is 35.1 Å². The van der Waals surface area contributed by atoms with Crippen LogP contribution in [0.3, 0.4) is 0 Å². The van der Waals surface area contributed by atoms with Crippen molar-refractivity contribution in [2.45, 2.75) is 275 Å². The summed E-state index contributed by atoms with van der Waals surface area (Å²) in [6, 6.07) is -1.04. The smallest absolute Gasteiger partial charge is 0.306 e. The fourth-order valence-electron chi connectivity index (χ4n) is 8.50. The normalized spacial score (nSPS) is 20.1. The van der Waals surface area contributed by atoms with Gasteiger partial charge in [-0.05, 0) is 64.2 Å². The molecule has 1 aliphatic heterocycles. The quantitative estimate of drug-likeness (QED) is 0.0196. The van der Waals surface area contributed by atoms with Crippen LogP contribution in [0.2, 0.25) is 0 Å². The Morgan fingerprint density at radius 3 is 1.47 bits per heavy atom. The number of ether oxygens (including phenoxy) is 3. The summed E-state index contributed by atoms with van der Waals surface area (Å²) in [6.45, 7) is 5.61. The number of aliphatic hydroxyl groups excluding tert-OH is 5. The van der Waals surface area contributed by atoms with Crippen molar-refractivity contribution in [3.63, 3.8) is 0 Å². The van der Waals surface area contributed by atoms with Crippen molar-refractivity contribution in [1.82, 2.24) is 5.32 Å². The van der Waals surface area contributed by atoms with E-state index in [0.29, 0.717) is 19.3 Å². The highest BCUT2D eigenvalue weighted by atomic mass is 16.7. The molecule has 0 aromatic heterocycles. The Morgan fingerprint density at radius 1 is 0.556 bits per heavy atom. The Bertz CT molecular complexity index is 1490. The molecule has 1 aliphatic rings. The Morgan fingerprint density at radius 2 is 1.00 bits per heavy atom. The average molecular weight is 1010 g/mol. The Kier molecular flexibility index (Phi) is 45.3. The van der Waals surface area contributed by atoms with Gasteiger partial charge in [0, 0.05) is 6.42 Å². The highest BCUT2D eigenvalue weighted by molar-refractivity contribution is 5.80. The number of hydrogen-bond acceptors (Lipinski definition) is 10. The van der Waals surface area contributed by atoms with Crippen LogP contribution in [-0.2, 0) is 23.8 Å². The van der Waals surface area contributed by atoms with Crippen LogP contribution in [0.25, 0.3) is 0 Å². The third-order valence-electron chi connectivity index (χ3n) is 13.1. The SMILES string of the molecule is CC/C=C\C/C=C\C/C=C\C/C=C\C/C=C\C/C=C\CCC(=O)OC1C(OCC(NC(=O)C(O)CCCCCCCCCCCCCC)C(O)/C=C/CCCCCCCCCCCC)OC(CO)C(O)C1O. The molecule has 72 heavy (non-hydrogen) atoms. The predicted molar refractivity (Wildman–Crippen MR) is 296 cm³/mol. The molecule has 0 aromatic rings. The molecule has 1 fully saturated rings. The molecule has 0 bridgehead atoms. The van der Waals surface area contributed by atoms with Crippen molar-refractivity contribution in [3.8, 4) is 0 Å². The summed E-state index contributed by atoms with van der Waals surface area (Å²) in [7, 11) is 0. The van der Waals surface area contributed by atoms with Crippen molar-refractivity contribution in [1.29, 1.82) is 0 Å². The highest BCUT2D eigenvalue weighted by Gasteiger charge is 2.47. The molecule has 8 atom stereocenters. The number of carbonyl (C=O) groups is 2. The number of rotatable bonds is 47. The zero-order valence-electron chi connectivity index (χ0n) is 45.5. The second kappa shape index (κ2) is 48.8. The van der Waals surface area contributed by atoms with E-state index in [1.54, 1.807) is 6.08 Å². The zero-order valence-corrected chi connectivity index (χ0v) is 45.5. The van der Waals surface area contributed by atoms with E-state index < -0.39 is 67.4 Å². The number of unbranched alkanes of at least 4 members (excludes halogenated alkanes) is 21. The molecule has 1 saturated heterocycles. The van der Waals surface area contributed by atoms with Crippen LogP contribution in [0, 0.1) is 0 Å². The van der Waals surface area contributed by atoms with E-state index in [-0.39, 0.29) is 19.4 Å². The standard InChI is InChI=1S/C61H105NO10/c1-4-7-10-13-16-19-22-25-26-27-28-29-30-31-34-37-40-43-46-49-56(66)72-59-58(68)57(67)55(50-63)71-61(59)70-51-52(53(64)47-44-41-38-35-32-23-20-17-14-11-8-5-2)62-60(69)54(65)48-45-42-39-36-33-24-21-18-15-12-9-6-3/h7,10,16,19,25-26,28-29,31,34,40,43-44,47,52-55,57-59,61,63-65,67-68H,4-6,8-9,11-15,17-18,20-24,27,30,32-33,35-39,41-42,45-46,48-51H2,1-3H3,(H,62,69)/b10-7-,19-16-,26-25-,29-28-,34-31-,43-40-,47-44+. The second-order valence-corrected chi connectivity index (χ2v) is 19.6. The van der Waals surface area contributed by atoms with E-state index in [1.807, 2.05) is 18.2 Å². The summed E-state index contributed by atoms with van der Waals surface area (Å²) in [5, 5.41) is 56.7. The van der Waals surface area contributed by atoms with Crippen LogP contribution in [0.15, 0.2) is 85.1 Å². The topological polar surface area (TPSA) is 175 Å². The van der Waals surface area contributed by atoms with Crippen molar-refractivity contribution >= 4 is 11.9 Å². The van der Waals surface area contributed by atoms with Crippen LogP contribution < -0.4 is 5.32 Å². The molecule has 1 rings (SSSR count). The summed E-state index contributed by atoms with van der Waals surface area (Å²) in [5.41, 5.74) is 0. The molecule has 11 nitrogen and oxygen atoms in total. The lowest BCUT2D eigenvalue weighted by molar-refractivity contribution is -0.305. The molecule has 0 aromatic carbocycles. The maximum Gasteiger partial charge on any atom is 0.306 e.